The number of benzene rings is 4. The van der Waals surface area contributed by atoms with Crippen molar-refractivity contribution in [3.63, 3.8) is 0 Å². The zero-order chi connectivity index (χ0) is 32.0. The SMILES string of the molecule is Nc1cccc(CC2C[C@H](Cc3ccccc3)N(C[C@@H](O)C[C@H](Cc3ccccc3)C(=O)N[C@H]3c4ccccc4C[C@H]3O)C2=O)c1. The molecule has 7 heteroatoms. The van der Waals surface area contributed by atoms with Crippen LogP contribution in [0, 0.1) is 11.8 Å². The predicted molar refractivity (Wildman–Crippen MR) is 180 cm³/mol. The van der Waals surface area contributed by atoms with E-state index >= 15 is 0 Å². The number of carbonyl (C=O) groups is 2. The smallest absolute Gasteiger partial charge is 0.226 e. The summed E-state index contributed by atoms with van der Waals surface area (Å²) in [7, 11) is 0. The molecule has 4 aromatic carbocycles. The molecule has 1 aliphatic carbocycles. The van der Waals surface area contributed by atoms with Gasteiger partial charge < -0.3 is 26.2 Å². The number of carbonyl (C=O) groups excluding carboxylic acids is 2. The Morgan fingerprint density at radius 3 is 2.28 bits per heavy atom. The van der Waals surface area contributed by atoms with Crippen molar-refractivity contribution in [2.45, 2.75) is 62.8 Å². The van der Waals surface area contributed by atoms with Crippen LogP contribution in [0.5, 0.6) is 0 Å². The molecule has 0 aromatic heterocycles. The zero-order valence-corrected chi connectivity index (χ0v) is 26.0. The van der Waals surface area contributed by atoms with Crippen molar-refractivity contribution in [2.24, 2.45) is 11.8 Å². The number of aliphatic hydroxyl groups is 2. The van der Waals surface area contributed by atoms with Crippen molar-refractivity contribution in [3.05, 3.63) is 137 Å². The molecule has 238 valence electrons. The van der Waals surface area contributed by atoms with E-state index in [-0.39, 0.29) is 36.7 Å². The van der Waals surface area contributed by atoms with E-state index in [4.69, 9.17) is 5.73 Å². The fourth-order valence-electron chi connectivity index (χ4n) is 7.30. The fourth-order valence-corrected chi connectivity index (χ4v) is 7.30. The van der Waals surface area contributed by atoms with E-state index < -0.39 is 24.2 Å². The molecule has 0 radical (unpaired) electrons. The minimum absolute atomic E-state index is 0.0251. The molecule has 1 aliphatic heterocycles. The molecular formula is C39H43N3O4. The highest BCUT2D eigenvalue weighted by atomic mass is 16.3. The average Bonchev–Trinajstić information content (AvgIpc) is 3.52. The lowest BCUT2D eigenvalue weighted by molar-refractivity contribution is -0.133. The number of aliphatic hydroxyl groups excluding tert-OH is 2. The number of amides is 2. The second-order valence-electron chi connectivity index (χ2n) is 12.9. The number of hydrogen-bond acceptors (Lipinski definition) is 5. The van der Waals surface area contributed by atoms with Gasteiger partial charge in [0.25, 0.3) is 0 Å². The maximum Gasteiger partial charge on any atom is 0.226 e. The molecule has 1 unspecified atom stereocenters. The molecule has 0 bridgehead atoms. The highest BCUT2D eigenvalue weighted by Gasteiger charge is 2.41. The van der Waals surface area contributed by atoms with Crippen molar-refractivity contribution in [1.29, 1.82) is 0 Å². The van der Waals surface area contributed by atoms with E-state index in [0.717, 1.165) is 27.8 Å². The van der Waals surface area contributed by atoms with Crippen LogP contribution >= 0.6 is 0 Å². The molecule has 1 heterocycles. The maximum atomic E-state index is 13.9. The Labute approximate surface area is 271 Å². The van der Waals surface area contributed by atoms with Crippen molar-refractivity contribution >= 4 is 17.5 Å². The van der Waals surface area contributed by atoms with Gasteiger partial charge in [-0.15, -0.1) is 0 Å². The van der Waals surface area contributed by atoms with Gasteiger partial charge >= 0.3 is 0 Å². The molecule has 4 aromatic rings. The molecule has 7 nitrogen and oxygen atoms in total. The summed E-state index contributed by atoms with van der Waals surface area (Å²) in [6.07, 6.45) is 1.47. The number of nitrogens with one attached hydrogen (secondary N) is 1. The van der Waals surface area contributed by atoms with Gasteiger partial charge in [0.2, 0.25) is 11.8 Å². The van der Waals surface area contributed by atoms with E-state index in [1.54, 1.807) is 0 Å². The Bertz CT molecular complexity index is 1630. The van der Waals surface area contributed by atoms with E-state index in [0.29, 0.717) is 37.8 Å². The van der Waals surface area contributed by atoms with Crippen LogP contribution in [-0.2, 0) is 35.3 Å². The molecule has 2 aliphatic rings. The number of hydrogen-bond donors (Lipinski definition) is 4. The predicted octanol–water partition coefficient (Wildman–Crippen LogP) is 4.66. The first-order chi connectivity index (χ1) is 22.3. The molecule has 5 N–H and O–H groups in total. The van der Waals surface area contributed by atoms with Crippen LogP contribution in [-0.4, -0.2) is 51.7 Å². The summed E-state index contributed by atoms with van der Waals surface area (Å²) in [5.41, 5.74) is 11.8. The van der Waals surface area contributed by atoms with Crippen LogP contribution in [0.25, 0.3) is 0 Å². The number of nitrogens with zero attached hydrogens (tertiary/aromatic N) is 1. The Kier molecular flexibility index (Phi) is 9.81. The largest absolute Gasteiger partial charge is 0.399 e. The number of fused-ring (bicyclic) bond motifs is 1. The lowest BCUT2D eigenvalue weighted by atomic mass is 9.91. The number of β-amino-alcohol motifs (C(OH)–C–C–N with tert-alkyl or cyclic N) is 1. The lowest BCUT2D eigenvalue weighted by Crippen LogP contribution is -2.43. The Balaban J connectivity index is 1.19. The van der Waals surface area contributed by atoms with Crippen molar-refractivity contribution in [3.8, 4) is 0 Å². The highest BCUT2D eigenvalue weighted by Crippen LogP contribution is 2.33. The first-order valence-electron chi connectivity index (χ1n) is 16.3. The van der Waals surface area contributed by atoms with Gasteiger partial charge in [-0.1, -0.05) is 97.1 Å². The van der Waals surface area contributed by atoms with Gasteiger partial charge in [-0.2, -0.15) is 0 Å². The number of anilines is 1. The minimum Gasteiger partial charge on any atom is -0.399 e. The summed E-state index contributed by atoms with van der Waals surface area (Å²) >= 11 is 0. The molecule has 6 atom stereocenters. The Morgan fingerprint density at radius 2 is 1.54 bits per heavy atom. The summed E-state index contributed by atoms with van der Waals surface area (Å²) in [5, 5.41) is 25.5. The molecular weight excluding hydrogens is 574 g/mol. The lowest BCUT2D eigenvalue weighted by Gasteiger charge is -2.29. The fraction of sp³-hybridized carbons (Fsp3) is 0.333. The zero-order valence-electron chi connectivity index (χ0n) is 26.0. The van der Waals surface area contributed by atoms with Gasteiger partial charge in [0, 0.05) is 36.5 Å². The topological polar surface area (TPSA) is 116 Å². The van der Waals surface area contributed by atoms with Crippen LogP contribution in [0.4, 0.5) is 5.69 Å². The molecule has 6 rings (SSSR count). The minimum atomic E-state index is -0.909. The van der Waals surface area contributed by atoms with Gasteiger partial charge in [0.05, 0.1) is 18.2 Å². The Morgan fingerprint density at radius 1 is 0.870 bits per heavy atom. The average molecular weight is 618 g/mol. The summed E-state index contributed by atoms with van der Waals surface area (Å²) in [6.45, 7) is 0.150. The van der Waals surface area contributed by atoms with E-state index in [1.807, 2.05) is 102 Å². The van der Waals surface area contributed by atoms with Crippen LogP contribution < -0.4 is 11.1 Å². The summed E-state index contributed by atoms with van der Waals surface area (Å²) < 4.78 is 0. The molecule has 1 saturated heterocycles. The molecule has 0 saturated carbocycles. The van der Waals surface area contributed by atoms with Crippen molar-refractivity contribution in [1.82, 2.24) is 10.2 Å². The second kappa shape index (κ2) is 14.3. The molecule has 46 heavy (non-hydrogen) atoms. The van der Waals surface area contributed by atoms with Crippen molar-refractivity contribution < 1.29 is 19.8 Å². The van der Waals surface area contributed by atoms with Crippen LogP contribution in [0.2, 0.25) is 0 Å². The van der Waals surface area contributed by atoms with Gasteiger partial charge in [-0.25, -0.2) is 0 Å². The molecule has 2 amide bonds. The third-order valence-corrected chi connectivity index (χ3v) is 9.54. The van der Waals surface area contributed by atoms with Gasteiger partial charge in [0.15, 0.2) is 0 Å². The van der Waals surface area contributed by atoms with Crippen molar-refractivity contribution in [2.75, 3.05) is 12.3 Å². The number of rotatable bonds is 12. The summed E-state index contributed by atoms with van der Waals surface area (Å²) in [4.78, 5) is 29.6. The van der Waals surface area contributed by atoms with E-state index in [2.05, 4.69) is 17.4 Å². The first-order valence-corrected chi connectivity index (χ1v) is 16.3. The summed E-state index contributed by atoms with van der Waals surface area (Å²) in [6, 6.07) is 34.8. The number of likely N-dealkylation sites (tertiary alicyclic amines) is 1. The summed E-state index contributed by atoms with van der Waals surface area (Å²) in [5.74, 6) is -0.949. The first kappa shape index (κ1) is 31.5. The quantitative estimate of drug-likeness (QED) is 0.173. The molecule has 0 spiro atoms. The maximum absolute atomic E-state index is 13.9. The normalized spacial score (nSPS) is 22.0. The van der Waals surface area contributed by atoms with Gasteiger partial charge in [-0.05, 0) is 72.1 Å². The van der Waals surface area contributed by atoms with Crippen LogP contribution in [0.3, 0.4) is 0 Å². The highest BCUT2D eigenvalue weighted by molar-refractivity contribution is 5.82. The van der Waals surface area contributed by atoms with E-state index in [1.165, 1.54) is 0 Å². The monoisotopic (exact) mass is 617 g/mol. The molecule has 1 fully saturated rings. The van der Waals surface area contributed by atoms with Crippen LogP contribution in [0.15, 0.2) is 109 Å². The second-order valence-corrected chi connectivity index (χ2v) is 12.9. The van der Waals surface area contributed by atoms with Gasteiger partial charge in [0.1, 0.15) is 0 Å². The van der Waals surface area contributed by atoms with E-state index in [9.17, 15) is 19.8 Å². The standard InChI is InChI=1S/C39H43N3O4/c40-32-16-9-14-28(20-32)19-31-22-33(21-27-12-5-2-6-13-27)42(39(31)46)25-34(43)23-30(18-26-10-3-1-4-11-26)38(45)41-37-35-17-8-7-15-29(35)24-36(37)44/h1-17,20,30-31,33-34,36-37,43-44H,18-19,21-25,40H2,(H,41,45)/t30-,31?,33-,34-,36+,37-/m0/s1. The van der Waals surface area contributed by atoms with Crippen LogP contribution in [0.1, 0.15) is 46.7 Å². The number of nitrogen functional groups attached to an aromatic ring is 1. The third kappa shape index (κ3) is 7.49. The van der Waals surface area contributed by atoms with Gasteiger partial charge in [-0.3, -0.25) is 9.59 Å². The number of nitrogens with two attached hydrogens (primary N) is 1. The third-order valence-electron chi connectivity index (χ3n) is 9.54. The Hall–Kier alpha value is -4.46.